The van der Waals surface area contributed by atoms with Crippen molar-refractivity contribution in [2.24, 2.45) is 0 Å². The molecule has 1 saturated heterocycles. The predicted molar refractivity (Wildman–Crippen MR) is 106 cm³/mol. The molecule has 0 aromatic carbocycles. The molecule has 0 N–H and O–H groups in total. The molecule has 0 radical (unpaired) electrons. The van der Waals surface area contributed by atoms with Gasteiger partial charge in [-0.05, 0) is 44.1 Å². The number of likely N-dealkylation sites (tertiary alicyclic amines) is 1. The van der Waals surface area contributed by atoms with E-state index in [4.69, 9.17) is 0 Å². The number of hydrogen-bond donors (Lipinski definition) is 0. The van der Waals surface area contributed by atoms with Crippen LogP contribution in [0.15, 0.2) is 47.8 Å². The van der Waals surface area contributed by atoms with Crippen molar-refractivity contribution in [3.63, 3.8) is 0 Å². The molecule has 0 spiro atoms. The summed E-state index contributed by atoms with van der Waals surface area (Å²) in [5, 5.41) is 5.12. The summed E-state index contributed by atoms with van der Waals surface area (Å²) < 4.78 is 3.41. The molecule has 28 heavy (non-hydrogen) atoms. The number of fused-ring (bicyclic) bond motifs is 3. The first kappa shape index (κ1) is 17.0. The number of hydrogen-bond acceptors (Lipinski definition) is 6. The molecule has 5 heterocycles. The van der Waals surface area contributed by atoms with Crippen molar-refractivity contribution in [1.29, 1.82) is 0 Å². The zero-order valence-electron chi connectivity index (χ0n) is 15.5. The van der Waals surface area contributed by atoms with Crippen LogP contribution in [0.3, 0.4) is 0 Å². The van der Waals surface area contributed by atoms with Crippen LogP contribution >= 0.6 is 0 Å². The monoisotopic (exact) mass is 375 g/mol. The van der Waals surface area contributed by atoms with Crippen LogP contribution in [-0.2, 0) is 6.54 Å². The van der Waals surface area contributed by atoms with Gasteiger partial charge in [-0.1, -0.05) is 6.42 Å². The van der Waals surface area contributed by atoms with E-state index in [0.29, 0.717) is 23.5 Å². The van der Waals surface area contributed by atoms with Crippen molar-refractivity contribution < 1.29 is 0 Å². The van der Waals surface area contributed by atoms with E-state index < -0.39 is 0 Å². The van der Waals surface area contributed by atoms with Crippen LogP contribution in [0.5, 0.6) is 0 Å². The average molecular weight is 375 g/mol. The molecule has 0 unspecified atom stereocenters. The molecule has 1 aliphatic heterocycles. The lowest BCUT2D eigenvalue weighted by Gasteiger charge is -2.26. The first-order valence-corrected chi connectivity index (χ1v) is 9.67. The standard InChI is InChI=1S/C20H21N7O/c28-19-16-14-22-20-23-18(15-4-7-21-8-5-15)24-27(20)17(16)6-11-26(19)13-12-25-9-2-1-3-10-25/h4-8,11,14H,1-3,9-10,12-13H2. The molecular formula is C20H21N7O. The highest BCUT2D eigenvalue weighted by atomic mass is 16.1. The van der Waals surface area contributed by atoms with Gasteiger partial charge in [0.2, 0.25) is 0 Å². The van der Waals surface area contributed by atoms with E-state index >= 15 is 0 Å². The van der Waals surface area contributed by atoms with Crippen molar-refractivity contribution in [1.82, 2.24) is 34.0 Å². The van der Waals surface area contributed by atoms with Gasteiger partial charge in [0.1, 0.15) is 0 Å². The summed E-state index contributed by atoms with van der Waals surface area (Å²) in [7, 11) is 0. The summed E-state index contributed by atoms with van der Waals surface area (Å²) in [5.74, 6) is 1.04. The van der Waals surface area contributed by atoms with Crippen molar-refractivity contribution in [3.05, 3.63) is 53.3 Å². The summed E-state index contributed by atoms with van der Waals surface area (Å²) in [5.41, 5.74) is 1.55. The van der Waals surface area contributed by atoms with E-state index in [1.54, 1.807) is 27.7 Å². The fourth-order valence-electron chi connectivity index (χ4n) is 3.79. The lowest BCUT2D eigenvalue weighted by Crippen LogP contribution is -2.34. The Labute approximate surface area is 161 Å². The number of piperidine rings is 1. The Morgan fingerprint density at radius 2 is 1.82 bits per heavy atom. The summed E-state index contributed by atoms with van der Waals surface area (Å²) in [6.07, 6.45) is 10.7. The third-order valence-corrected chi connectivity index (χ3v) is 5.35. The van der Waals surface area contributed by atoms with Crippen molar-refractivity contribution in [2.75, 3.05) is 19.6 Å². The van der Waals surface area contributed by atoms with Gasteiger partial charge in [-0.2, -0.15) is 9.50 Å². The van der Waals surface area contributed by atoms with E-state index in [-0.39, 0.29) is 5.56 Å². The van der Waals surface area contributed by atoms with Gasteiger partial charge in [0.15, 0.2) is 5.82 Å². The Balaban J connectivity index is 1.50. The molecule has 0 atom stereocenters. The molecular weight excluding hydrogens is 354 g/mol. The quantitative estimate of drug-likeness (QED) is 0.543. The minimum Gasteiger partial charge on any atom is -0.314 e. The van der Waals surface area contributed by atoms with E-state index in [2.05, 4.69) is 25.0 Å². The highest BCUT2D eigenvalue weighted by Gasteiger charge is 2.14. The number of aromatic nitrogens is 6. The fraction of sp³-hybridized carbons (Fsp3) is 0.350. The van der Waals surface area contributed by atoms with Crippen molar-refractivity contribution in [3.8, 4) is 11.4 Å². The van der Waals surface area contributed by atoms with Gasteiger partial charge in [0.05, 0.1) is 10.9 Å². The number of rotatable bonds is 4. The maximum absolute atomic E-state index is 13.0. The largest absolute Gasteiger partial charge is 0.314 e. The van der Waals surface area contributed by atoms with E-state index in [1.165, 1.54) is 19.3 Å². The van der Waals surface area contributed by atoms with Gasteiger partial charge < -0.3 is 9.47 Å². The Morgan fingerprint density at radius 1 is 1.00 bits per heavy atom. The molecule has 0 saturated carbocycles. The zero-order chi connectivity index (χ0) is 18.9. The summed E-state index contributed by atoms with van der Waals surface area (Å²) in [4.78, 5) is 28.2. The molecule has 4 aromatic heterocycles. The maximum Gasteiger partial charge on any atom is 0.261 e. The van der Waals surface area contributed by atoms with Crippen molar-refractivity contribution in [2.45, 2.75) is 25.8 Å². The molecule has 0 bridgehead atoms. The Bertz CT molecular complexity index is 1180. The summed E-state index contributed by atoms with van der Waals surface area (Å²) in [6.45, 7) is 3.84. The second-order valence-electron chi connectivity index (χ2n) is 7.16. The Hall–Kier alpha value is -3.13. The van der Waals surface area contributed by atoms with Gasteiger partial charge in [0, 0.05) is 43.4 Å². The molecule has 8 heteroatoms. The molecule has 4 aromatic rings. The van der Waals surface area contributed by atoms with Gasteiger partial charge >= 0.3 is 0 Å². The lowest BCUT2D eigenvalue weighted by molar-refractivity contribution is 0.220. The predicted octanol–water partition coefficient (Wildman–Crippen LogP) is 1.99. The molecule has 0 amide bonds. The third kappa shape index (κ3) is 3.05. The average Bonchev–Trinajstić information content (AvgIpc) is 3.19. The number of nitrogens with zero attached hydrogens (tertiary/aromatic N) is 7. The van der Waals surface area contributed by atoms with Crippen LogP contribution in [0.1, 0.15) is 19.3 Å². The van der Waals surface area contributed by atoms with Crippen LogP contribution in [-0.4, -0.2) is 53.7 Å². The van der Waals surface area contributed by atoms with Crippen LogP contribution in [0.25, 0.3) is 28.1 Å². The van der Waals surface area contributed by atoms with Gasteiger partial charge in [-0.15, -0.1) is 5.10 Å². The van der Waals surface area contributed by atoms with Crippen LogP contribution < -0.4 is 5.56 Å². The second-order valence-corrected chi connectivity index (χ2v) is 7.16. The third-order valence-electron chi connectivity index (χ3n) is 5.35. The molecule has 1 fully saturated rings. The topological polar surface area (TPSA) is 81.2 Å². The van der Waals surface area contributed by atoms with Gasteiger partial charge in [-0.25, -0.2) is 4.98 Å². The van der Waals surface area contributed by atoms with E-state index in [1.807, 2.05) is 24.4 Å². The van der Waals surface area contributed by atoms with Crippen LogP contribution in [0.4, 0.5) is 0 Å². The minimum atomic E-state index is -0.0372. The molecule has 142 valence electrons. The van der Waals surface area contributed by atoms with Gasteiger partial charge in [0.25, 0.3) is 11.3 Å². The Morgan fingerprint density at radius 3 is 2.64 bits per heavy atom. The molecule has 8 nitrogen and oxygen atoms in total. The highest BCUT2D eigenvalue weighted by Crippen LogP contribution is 2.17. The number of pyridine rings is 2. The normalized spacial score (nSPS) is 15.4. The maximum atomic E-state index is 13.0. The smallest absolute Gasteiger partial charge is 0.261 e. The first-order valence-electron chi connectivity index (χ1n) is 9.67. The first-order chi connectivity index (χ1) is 13.8. The molecule has 5 rings (SSSR count). The molecule has 1 aliphatic rings. The van der Waals surface area contributed by atoms with E-state index in [0.717, 1.165) is 30.7 Å². The van der Waals surface area contributed by atoms with Crippen molar-refractivity contribution >= 4 is 16.7 Å². The zero-order valence-corrected chi connectivity index (χ0v) is 15.5. The van der Waals surface area contributed by atoms with Gasteiger partial charge in [-0.3, -0.25) is 9.78 Å². The molecule has 0 aliphatic carbocycles. The second kappa shape index (κ2) is 7.12. The Kier molecular flexibility index (Phi) is 4.32. The highest BCUT2D eigenvalue weighted by molar-refractivity contribution is 5.79. The van der Waals surface area contributed by atoms with Crippen LogP contribution in [0.2, 0.25) is 0 Å². The minimum absolute atomic E-state index is 0.0372. The lowest BCUT2D eigenvalue weighted by atomic mass is 10.1. The summed E-state index contributed by atoms with van der Waals surface area (Å²) >= 11 is 0. The SMILES string of the molecule is O=c1c2cnc3nc(-c4ccncc4)nn3c2ccn1CCN1CCCCC1. The van der Waals surface area contributed by atoms with E-state index in [9.17, 15) is 4.79 Å². The van der Waals surface area contributed by atoms with Crippen LogP contribution in [0, 0.1) is 0 Å². The summed E-state index contributed by atoms with van der Waals surface area (Å²) in [6, 6.07) is 5.63. The fourth-order valence-corrected chi connectivity index (χ4v) is 3.79.